The first-order valence-electron chi connectivity index (χ1n) is 7.59. The highest BCUT2D eigenvalue weighted by atomic mass is 16.5. The number of aromatic nitrogens is 1. The molecule has 0 radical (unpaired) electrons. The van der Waals surface area contributed by atoms with E-state index in [4.69, 9.17) is 14.0 Å². The molecule has 1 unspecified atom stereocenters. The lowest BCUT2D eigenvalue weighted by molar-refractivity contribution is 0.236. The molecular weight excluding hydrogens is 280 g/mol. The van der Waals surface area contributed by atoms with Crippen LogP contribution in [0.5, 0.6) is 11.5 Å². The molecular formula is C17H22N2O3. The van der Waals surface area contributed by atoms with Crippen LogP contribution in [-0.4, -0.2) is 30.8 Å². The van der Waals surface area contributed by atoms with E-state index in [1.807, 2.05) is 25.1 Å². The number of rotatable bonds is 5. The average Bonchev–Trinajstić information content (AvgIpc) is 3.15. The van der Waals surface area contributed by atoms with Gasteiger partial charge in [-0.2, -0.15) is 0 Å². The van der Waals surface area contributed by atoms with Gasteiger partial charge in [-0.1, -0.05) is 11.2 Å². The number of ether oxygens (including phenoxy) is 2. The van der Waals surface area contributed by atoms with Crippen LogP contribution in [-0.2, 0) is 6.54 Å². The molecule has 1 aromatic carbocycles. The standard InChI is InChI=1S/C17H22N2O3/c1-12-9-14(18-22-12)15-5-4-8-19(15)11-13-6-7-16(20-2)17(10-13)21-3/h6-7,9-10,15H,4-5,8,11H2,1-3H3. The van der Waals surface area contributed by atoms with Crippen LogP contribution in [0.2, 0.25) is 0 Å². The van der Waals surface area contributed by atoms with Crippen molar-refractivity contribution in [3.8, 4) is 11.5 Å². The van der Waals surface area contributed by atoms with Crippen molar-refractivity contribution in [1.29, 1.82) is 0 Å². The van der Waals surface area contributed by atoms with E-state index in [1.165, 1.54) is 12.0 Å². The topological polar surface area (TPSA) is 47.7 Å². The predicted octanol–water partition coefficient (Wildman–Crippen LogP) is 3.34. The maximum absolute atomic E-state index is 5.39. The van der Waals surface area contributed by atoms with Gasteiger partial charge in [0.25, 0.3) is 0 Å². The lowest BCUT2D eigenvalue weighted by Crippen LogP contribution is -2.23. The minimum atomic E-state index is 0.338. The molecule has 22 heavy (non-hydrogen) atoms. The normalized spacial score (nSPS) is 18.6. The number of methoxy groups -OCH3 is 2. The van der Waals surface area contributed by atoms with E-state index in [-0.39, 0.29) is 0 Å². The number of benzene rings is 1. The highest BCUT2D eigenvalue weighted by Crippen LogP contribution is 2.34. The number of aryl methyl sites for hydroxylation is 1. The molecule has 1 fully saturated rings. The molecule has 5 heteroatoms. The van der Waals surface area contributed by atoms with Gasteiger partial charge in [0.05, 0.1) is 20.3 Å². The van der Waals surface area contributed by atoms with Crippen molar-refractivity contribution in [2.75, 3.05) is 20.8 Å². The van der Waals surface area contributed by atoms with E-state index in [0.717, 1.165) is 42.5 Å². The highest BCUT2D eigenvalue weighted by molar-refractivity contribution is 5.42. The van der Waals surface area contributed by atoms with E-state index in [9.17, 15) is 0 Å². The molecule has 1 aromatic heterocycles. The number of nitrogens with zero attached hydrogens (tertiary/aromatic N) is 2. The molecule has 0 amide bonds. The van der Waals surface area contributed by atoms with Gasteiger partial charge < -0.3 is 14.0 Å². The van der Waals surface area contributed by atoms with Crippen LogP contribution in [0.25, 0.3) is 0 Å². The van der Waals surface area contributed by atoms with E-state index < -0.39 is 0 Å². The monoisotopic (exact) mass is 302 g/mol. The van der Waals surface area contributed by atoms with Crippen molar-refractivity contribution in [2.45, 2.75) is 32.4 Å². The zero-order valence-electron chi connectivity index (χ0n) is 13.3. The summed E-state index contributed by atoms with van der Waals surface area (Å²) in [6.45, 7) is 3.88. The Morgan fingerprint density at radius 2 is 2.05 bits per heavy atom. The third-order valence-electron chi connectivity index (χ3n) is 4.18. The molecule has 3 rings (SSSR count). The first-order valence-corrected chi connectivity index (χ1v) is 7.59. The highest BCUT2D eigenvalue weighted by Gasteiger charge is 2.28. The fourth-order valence-electron chi connectivity index (χ4n) is 3.11. The van der Waals surface area contributed by atoms with Crippen LogP contribution < -0.4 is 9.47 Å². The summed E-state index contributed by atoms with van der Waals surface area (Å²) < 4.78 is 15.9. The third-order valence-corrected chi connectivity index (χ3v) is 4.18. The van der Waals surface area contributed by atoms with Gasteiger partial charge in [0.1, 0.15) is 11.5 Å². The van der Waals surface area contributed by atoms with Gasteiger partial charge in [0.2, 0.25) is 0 Å². The Balaban J connectivity index is 1.77. The largest absolute Gasteiger partial charge is 0.493 e. The van der Waals surface area contributed by atoms with Crippen molar-refractivity contribution >= 4 is 0 Å². The molecule has 1 aliphatic rings. The molecule has 0 saturated carbocycles. The summed E-state index contributed by atoms with van der Waals surface area (Å²) in [7, 11) is 3.32. The van der Waals surface area contributed by atoms with E-state index >= 15 is 0 Å². The van der Waals surface area contributed by atoms with Gasteiger partial charge in [-0.25, -0.2) is 0 Å². The van der Waals surface area contributed by atoms with Gasteiger partial charge in [0.15, 0.2) is 11.5 Å². The summed E-state index contributed by atoms with van der Waals surface area (Å²) in [5.41, 5.74) is 2.25. The molecule has 0 aliphatic carbocycles. The van der Waals surface area contributed by atoms with Crippen molar-refractivity contribution in [3.63, 3.8) is 0 Å². The SMILES string of the molecule is COc1ccc(CN2CCCC2c2cc(C)on2)cc1OC. The van der Waals surface area contributed by atoms with Crippen LogP contribution >= 0.6 is 0 Å². The van der Waals surface area contributed by atoms with Crippen molar-refractivity contribution in [3.05, 3.63) is 41.3 Å². The summed E-state index contributed by atoms with van der Waals surface area (Å²) in [5.74, 6) is 2.40. The predicted molar refractivity (Wildman–Crippen MR) is 83.2 cm³/mol. The average molecular weight is 302 g/mol. The molecule has 1 saturated heterocycles. The van der Waals surface area contributed by atoms with Crippen molar-refractivity contribution in [1.82, 2.24) is 10.1 Å². The Morgan fingerprint density at radius 3 is 2.73 bits per heavy atom. The van der Waals surface area contributed by atoms with Gasteiger partial charge >= 0.3 is 0 Å². The quantitative estimate of drug-likeness (QED) is 0.848. The van der Waals surface area contributed by atoms with E-state index in [0.29, 0.717) is 6.04 Å². The lowest BCUT2D eigenvalue weighted by Gasteiger charge is -2.23. The van der Waals surface area contributed by atoms with Gasteiger partial charge in [0, 0.05) is 12.6 Å². The van der Waals surface area contributed by atoms with Gasteiger partial charge in [-0.05, 0) is 44.0 Å². The van der Waals surface area contributed by atoms with Crippen LogP contribution in [0.4, 0.5) is 0 Å². The number of hydrogen-bond acceptors (Lipinski definition) is 5. The summed E-state index contributed by atoms with van der Waals surface area (Å²) in [5, 5.41) is 4.19. The molecule has 0 spiro atoms. The zero-order valence-corrected chi connectivity index (χ0v) is 13.3. The van der Waals surface area contributed by atoms with E-state index in [2.05, 4.69) is 16.1 Å². The second-order valence-corrected chi connectivity index (χ2v) is 5.68. The summed E-state index contributed by atoms with van der Waals surface area (Å²) in [6, 6.07) is 8.47. The Hall–Kier alpha value is -2.01. The zero-order chi connectivity index (χ0) is 15.5. The second kappa shape index (κ2) is 6.40. The Labute approximate surface area is 130 Å². The van der Waals surface area contributed by atoms with Gasteiger partial charge in [-0.3, -0.25) is 4.90 Å². The number of hydrogen-bond donors (Lipinski definition) is 0. The Morgan fingerprint density at radius 1 is 1.23 bits per heavy atom. The first-order chi connectivity index (χ1) is 10.7. The fraction of sp³-hybridized carbons (Fsp3) is 0.471. The molecule has 2 aromatic rings. The Kier molecular flexibility index (Phi) is 4.34. The Bertz CT molecular complexity index is 639. The molecule has 2 heterocycles. The first kappa shape index (κ1) is 14.9. The molecule has 1 atom stereocenters. The second-order valence-electron chi connectivity index (χ2n) is 5.68. The minimum Gasteiger partial charge on any atom is -0.493 e. The van der Waals surface area contributed by atoms with Gasteiger partial charge in [-0.15, -0.1) is 0 Å². The van der Waals surface area contributed by atoms with Crippen molar-refractivity contribution < 1.29 is 14.0 Å². The molecule has 0 bridgehead atoms. The maximum Gasteiger partial charge on any atom is 0.161 e. The fourth-order valence-corrected chi connectivity index (χ4v) is 3.11. The minimum absolute atomic E-state index is 0.338. The van der Waals surface area contributed by atoms with Crippen molar-refractivity contribution in [2.24, 2.45) is 0 Å². The lowest BCUT2D eigenvalue weighted by atomic mass is 10.1. The third kappa shape index (κ3) is 2.95. The number of likely N-dealkylation sites (tertiary alicyclic amines) is 1. The molecule has 5 nitrogen and oxygen atoms in total. The summed E-state index contributed by atoms with van der Waals surface area (Å²) in [4.78, 5) is 2.44. The summed E-state index contributed by atoms with van der Waals surface area (Å²) in [6.07, 6.45) is 2.31. The summed E-state index contributed by atoms with van der Waals surface area (Å²) >= 11 is 0. The van der Waals surface area contributed by atoms with Crippen LogP contribution in [0.15, 0.2) is 28.8 Å². The molecule has 0 N–H and O–H groups in total. The van der Waals surface area contributed by atoms with Crippen LogP contribution in [0, 0.1) is 6.92 Å². The van der Waals surface area contributed by atoms with Crippen LogP contribution in [0.3, 0.4) is 0 Å². The molecule has 118 valence electrons. The van der Waals surface area contributed by atoms with E-state index in [1.54, 1.807) is 14.2 Å². The molecule has 1 aliphatic heterocycles. The smallest absolute Gasteiger partial charge is 0.161 e. The maximum atomic E-state index is 5.39. The van der Waals surface area contributed by atoms with Crippen LogP contribution in [0.1, 0.15) is 35.9 Å².